The molecule has 0 aromatic heterocycles. The summed E-state index contributed by atoms with van der Waals surface area (Å²) in [7, 11) is -3.72. The number of hydrogen-bond donors (Lipinski definition) is 0. The van der Waals surface area contributed by atoms with E-state index in [1.165, 1.54) is 0 Å². The first-order valence-corrected chi connectivity index (χ1v) is 11.5. The topological polar surface area (TPSA) is 76.2 Å². The lowest BCUT2D eigenvalue weighted by molar-refractivity contribution is 0.0704. The van der Waals surface area contributed by atoms with Gasteiger partial charge in [0, 0.05) is 32.7 Å². The Morgan fingerprint density at radius 2 is 1.63 bits per heavy atom. The van der Waals surface area contributed by atoms with Crippen molar-refractivity contribution in [2.24, 2.45) is 0 Å². The highest BCUT2D eigenvalue weighted by Gasteiger charge is 2.22. The van der Waals surface area contributed by atoms with Crippen molar-refractivity contribution in [2.75, 3.05) is 39.3 Å². The molecule has 2 aromatic carbocycles. The average Bonchev–Trinajstić information content (AvgIpc) is 2.76. The molecule has 1 fully saturated rings. The summed E-state index contributed by atoms with van der Waals surface area (Å²) in [5.41, 5.74) is 1.96. The molecule has 1 saturated heterocycles. The maximum absolute atomic E-state index is 12.2. The van der Waals surface area contributed by atoms with Gasteiger partial charge in [-0.1, -0.05) is 48.0 Å². The fourth-order valence-corrected chi connectivity index (χ4v) is 4.14. The van der Waals surface area contributed by atoms with Gasteiger partial charge in [-0.25, -0.2) is 4.79 Å². The van der Waals surface area contributed by atoms with E-state index >= 15 is 0 Å². The van der Waals surface area contributed by atoms with Gasteiger partial charge in [0.25, 0.3) is 10.1 Å². The summed E-state index contributed by atoms with van der Waals surface area (Å²) >= 11 is 0. The van der Waals surface area contributed by atoms with Gasteiger partial charge in [-0.15, -0.1) is 0 Å². The van der Waals surface area contributed by atoms with Gasteiger partial charge in [-0.2, -0.15) is 8.42 Å². The van der Waals surface area contributed by atoms with Crippen molar-refractivity contribution in [3.63, 3.8) is 0 Å². The van der Waals surface area contributed by atoms with Crippen molar-refractivity contribution >= 4 is 16.2 Å². The SMILES string of the molecule is Cc1ccc(S(=O)(=O)OCCCN2CCN(C(=O)OCc3ccccc3)CC2)cc1. The number of carbonyl (C=O) groups excluding carboxylic acids is 1. The molecule has 0 aliphatic carbocycles. The molecule has 1 aliphatic rings. The molecule has 1 amide bonds. The Kier molecular flexibility index (Phi) is 7.84. The van der Waals surface area contributed by atoms with Gasteiger partial charge in [0.05, 0.1) is 11.5 Å². The molecule has 0 bridgehead atoms. The Balaban J connectivity index is 1.33. The molecule has 2 aromatic rings. The summed E-state index contributed by atoms with van der Waals surface area (Å²) in [5, 5.41) is 0. The fraction of sp³-hybridized carbons (Fsp3) is 0.409. The predicted molar refractivity (Wildman–Crippen MR) is 114 cm³/mol. The molecule has 162 valence electrons. The van der Waals surface area contributed by atoms with Crippen molar-refractivity contribution in [2.45, 2.75) is 24.8 Å². The predicted octanol–water partition coefficient (Wildman–Crippen LogP) is 3.04. The molecule has 0 saturated carbocycles. The highest BCUT2D eigenvalue weighted by molar-refractivity contribution is 7.86. The molecule has 0 N–H and O–H groups in total. The second-order valence-electron chi connectivity index (χ2n) is 7.31. The van der Waals surface area contributed by atoms with Crippen LogP contribution in [0, 0.1) is 6.92 Å². The second kappa shape index (κ2) is 10.6. The van der Waals surface area contributed by atoms with Gasteiger partial charge < -0.3 is 9.64 Å². The first kappa shape index (κ1) is 22.3. The lowest BCUT2D eigenvalue weighted by Crippen LogP contribution is -2.49. The van der Waals surface area contributed by atoms with Crippen LogP contribution in [0.3, 0.4) is 0 Å². The summed E-state index contributed by atoms with van der Waals surface area (Å²) < 4.78 is 34.9. The van der Waals surface area contributed by atoms with Crippen molar-refractivity contribution in [3.05, 3.63) is 65.7 Å². The zero-order valence-corrected chi connectivity index (χ0v) is 18.0. The number of piperazine rings is 1. The molecule has 1 heterocycles. The van der Waals surface area contributed by atoms with Gasteiger partial charge >= 0.3 is 6.09 Å². The Morgan fingerprint density at radius 1 is 0.967 bits per heavy atom. The lowest BCUT2D eigenvalue weighted by Gasteiger charge is -2.34. The summed E-state index contributed by atoms with van der Waals surface area (Å²) in [4.78, 5) is 16.3. The van der Waals surface area contributed by atoms with Gasteiger partial charge in [-0.05, 0) is 31.0 Å². The molecule has 8 heteroatoms. The van der Waals surface area contributed by atoms with Crippen LogP contribution in [0.2, 0.25) is 0 Å². The highest BCUT2D eigenvalue weighted by Crippen LogP contribution is 2.14. The van der Waals surface area contributed by atoms with E-state index in [4.69, 9.17) is 8.92 Å². The Bertz CT molecular complexity index is 908. The van der Waals surface area contributed by atoms with Crippen molar-refractivity contribution in [3.8, 4) is 0 Å². The largest absolute Gasteiger partial charge is 0.445 e. The third kappa shape index (κ3) is 6.55. The number of ether oxygens (including phenoxy) is 1. The van der Waals surface area contributed by atoms with E-state index in [1.54, 1.807) is 29.2 Å². The number of amides is 1. The summed E-state index contributed by atoms with van der Waals surface area (Å²) in [6.45, 7) is 5.67. The smallest absolute Gasteiger partial charge is 0.410 e. The minimum atomic E-state index is -3.72. The molecule has 3 rings (SSSR count). The van der Waals surface area contributed by atoms with Gasteiger partial charge in [0.15, 0.2) is 0 Å². The van der Waals surface area contributed by atoms with Crippen LogP contribution >= 0.6 is 0 Å². The average molecular weight is 433 g/mol. The number of carbonyl (C=O) groups is 1. The fourth-order valence-electron chi connectivity index (χ4n) is 3.19. The molecular formula is C22H28N2O5S. The monoisotopic (exact) mass is 432 g/mol. The Morgan fingerprint density at radius 3 is 2.30 bits per heavy atom. The van der Waals surface area contributed by atoms with Gasteiger partial charge in [0.1, 0.15) is 6.61 Å². The van der Waals surface area contributed by atoms with E-state index in [0.29, 0.717) is 19.5 Å². The van der Waals surface area contributed by atoms with Crippen molar-refractivity contribution in [1.29, 1.82) is 0 Å². The van der Waals surface area contributed by atoms with Crippen LogP contribution in [0.4, 0.5) is 4.79 Å². The van der Waals surface area contributed by atoms with Crippen molar-refractivity contribution < 1.29 is 22.1 Å². The Labute approximate surface area is 178 Å². The van der Waals surface area contributed by atoms with Crippen LogP contribution in [-0.4, -0.2) is 63.6 Å². The summed E-state index contributed by atoms with van der Waals surface area (Å²) in [5.74, 6) is 0. The molecule has 0 spiro atoms. The van der Waals surface area contributed by atoms with E-state index in [2.05, 4.69) is 4.90 Å². The first-order chi connectivity index (χ1) is 14.4. The van der Waals surface area contributed by atoms with Crippen LogP contribution in [0.5, 0.6) is 0 Å². The first-order valence-electron chi connectivity index (χ1n) is 10.1. The molecule has 0 radical (unpaired) electrons. The zero-order valence-electron chi connectivity index (χ0n) is 17.2. The molecule has 1 aliphatic heterocycles. The number of rotatable bonds is 8. The van der Waals surface area contributed by atoms with Crippen molar-refractivity contribution in [1.82, 2.24) is 9.80 Å². The molecule has 7 nitrogen and oxygen atoms in total. The van der Waals surface area contributed by atoms with Crippen LogP contribution in [0.15, 0.2) is 59.5 Å². The number of nitrogens with zero attached hydrogens (tertiary/aromatic N) is 2. The number of benzene rings is 2. The van der Waals surface area contributed by atoms with Gasteiger partial charge in [-0.3, -0.25) is 9.08 Å². The Hall–Kier alpha value is -2.42. The van der Waals surface area contributed by atoms with Crippen LogP contribution in [-0.2, 0) is 25.6 Å². The quantitative estimate of drug-likeness (QED) is 0.471. The van der Waals surface area contributed by atoms with Crippen LogP contribution in [0.1, 0.15) is 17.5 Å². The molecular weight excluding hydrogens is 404 g/mol. The maximum atomic E-state index is 12.2. The van der Waals surface area contributed by atoms with Crippen LogP contribution in [0.25, 0.3) is 0 Å². The van der Waals surface area contributed by atoms with E-state index < -0.39 is 10.1 Å². The zero-order chi connectivity index (χ0) is 21.4. The second-order valence-corrected chi connectivity index (χ2v) is 8.93. The normalized spacial score (nSPS) is 15.2. The molecule has 0 unspecified atom stereocenters. The number of aryl methyl sites for hydroxylation is 1. The minimum absolute atomic E-state index is 0.134. The van der Waals surface area contributed by atoms with E-state index in [1.807, 2.05) is 37.3 Å². The van der Waals surface area contributed by atoms with Gasteiger partial charge in [0.2, 0.25) is 0 Å². The van der Waals surface area contributed by atoms with E-state index in [0.717, 1.165) is 30.8 Å². The third-order valence-electron chi connectivity index (χ3n) is 5.00. The molecule has 30 heavy (non-hydrogen) atoms. The highest BCUT2D eigenvalue weighted by atomic mass is 32.2. The summed E-state index contributed by atoms with van der Waals surface area (Å²) in [6, 6.07) is 16.2. The minimum Gasteiger partial charge on any atom is -0.445 e. The standard InChI is InChI=1S/C22H28N2O5S/c1-19-8-10-21(11-9-19)30(26,27)29-17-5-12-23-13-15-24(16-14-23)22(25)28-18-20-6-3-2-4-7-20/h2-4,6-11H,5,12-18H2,1H3. The van der Waals surface area contributed by atoms with E-state index in [-0.39, 0.29) is 24.2 Å². The molecule has 0 atom stereocenters. The maximum Gasteiger partial charge on any atom is 0.410 e. The van der Waals surface area contributed by atoms with E-state index in [9.17, 15) is 13.2 Å². The van der Waals surface area contributed by atoms with Crippen LogP contribution < -0.4 is 0 Å². The third-order valence-corrected chi connectivity index (χ3v) is 6.33. The lowest BCUT2D eigenvalue weighted by atomic mass is 10.2. The summed E-state index contributed by atoms with van der Waals surface area (Å²) in [6.07, 6.45) is 0.301. The number of hydrogen-bond acceptors (Lipinski definition) is 6.